The third kappa shape index (κ3) is 3.69. The largest absolute Gasteiger partial charge is 0.379 e. The van der Waals surface area contributed by atoms with Crippen LogP contribution in [0.5, 0.6) is 0 Å². The van der Waals surface area contributed by atoms with Crippen molar-refractivity contribution < 1.29 is 9.53 Å². The van der Waals surface area contributed by atoms with E-state index < -0.39 is 0 Å². The number of hydrogen-bond acceptors (Lipinski definition) is 3. The molecule has 2 aliphatic rings. The first-order valence-electron chi connectivity index (χ1n) is 7.36. The molecular formula is C14H26N2O2. The van der Waals surface area contributed by atoms with Crippen molar-refractivity contribution in [2.75, 3.05) is 19.8 Å². The Morgan fingerprint density at radius 2 is 2.22 bits per heavy atom. The van der Waals surface area contributed by atoms with Crippen molar-refractivity contribution in [1.82, 2.24) is 10.2 Å². The van der Waals surface area contributed by atoms with Gasteiger partial charge in [-0.3, -0.25) is 10.1 Å². The maximum absolute atomic E-state index is 12.2. The van der Waals surface area contributed by atoms with Gasteiger partial charge in [0.25, 0.3) is 0 Å². The van der Waals surface area contributed by atoms with E-state index in [4.69, 9.17) is 4.74 Å². The number of ether oxygens (including phenoxy) is 1. The number of amides is 1. The van der Waals surface area contributed by atoms with Crippen LogP contribution in [0.2, 0.25) is 0 Å². The Hall–Kier alpha value is -0.610. The molecule has 2 atom stereocenters. The van der Waals surface area contributed by atoms with Crippen LogP contribution in [0.1, 0.15) is 46.0 Å². The lowest BCUT2D eigenvalue weighted by molar-refractivity contribution is -0.130. The molecule has 2 unspecified atom stereocenters. The van der Waals surface area contributed by atoms with Crippen molar-refractivity contribution in [1.29, 1.82) is 0 Å². The van der Waals surface area contributed by atoms with Crippen molar-refractivity contribution in [3.05, 3.63) is 0 Å². The Bertz CT molecular complexity index is 279. The summed E-state index contributed by atoms with van der Waals surface area (Å²) in [5, 5.41) is 3.37. The van der Waals surface area contributed by atoms with E-state index >= 15 is 0 Å². The fourth-order valence-corrected chi connectivity index (χ4v) is 2.46. The van der Waals surface area contributed by atoms with E-state index in [1.807, 2.05) is 4.90 Å². The van der Waals surface area contributed by atoms with Gasteiger partial charge < -0.3 is 9.64 Å². The van der Waals surface area contributed by atoms with Crippen LogP contribution in [0.15, 0.2) is 0 Å². The lowest BCUT2D eigenvalue weighted by Crippen LogP contribution is -2.37. The predicted molar refractivity (Wildman–Crippen MR) is 71.2 cm³/mol. The zero-order valence-electron chi connectivity index (χ0n) is 11.7. The molecule has 1 saturated heterocycles. The van der Waals surface area contributed by atoms with Crippen LogP contribution >= 0.6 is 0 Å². The van der Waals surface area contributed by atoms with E-state index in [1.165, 1.54) is 12.8 Å². The Balaban J connectivity index is 1.68. The minimum Gasteiger partial charge on any atom is -0.379 e. The molecule has 104 valence electrons. The van der Waals surface area contributed by atoms with Crippen molar-refractivity contribution in [3.63, 3.8) is 0 Å². The van der Waals surface area contributed by atoms with Crippen molar-refractivity contribution >= 4 is 5.91 Å². The second kappa shape index (κ2) is 6.53. The third-order valence-corrected chi connectivity index (χ3v) is 3.86. The van der Waals surface area contributed by atoms with Crippen molar-refractivity contribution in [3.8, 4) is 0 Å². The molecule has 0 bridgehead atoms. The molecule has 1 aliphatic carbocycles. The minimum absolute atomic E-state index is 0.0309. The lowest BCUT2D eigenvalue weighted by Gasteiger charge is -2.20. The summed E-state index contributed by atoms with van der Waals surface area (Å²) in [6, 6.07) is 0.0309. The average Bonchev–Trinajstić information content (AvgIpc) is 3.13. The molecule has 0 aromatic rings. The minimum atomic E-state index is 0.0309. The molecule has 2 fully saturated rings. The maximum Gasteiger partial charge on any atom is 0.241 e. The predicted octanol–water partition coefficient (Wildman–Crippen LogP) is 1.75. The Labute approximate surface area is 110 Å². The molecular weight excluding hydrogens is 228 g/mol. The number of carbonyl (C=O) groups excluding carboxylic acids is 1. The van der Waals surface area contributed by atoms with E-state index in [2.05, 4.69) is 19.2 Å². The van der Waals surface area contributed by atoms with Crippen molar-refractivity contribution in [2.45, 2.75) is 58.2 Å². The zero-order valence-corrected chi connectivity index (χ0v) is 11.7. The number of carbonyl (C=O) groups is 1. The molecule has 4 heteroatoms. The summed E-state index contributed by atoms with van der Waals surface area (Å²) < 4.78 is 5.61. The second-order valence-corrected chi connectivity index (χ2v) is 5.59. The van der Waals surface area contributed by atoms with E-state index in [0.717, 1.165) is 38.3 Å². The smallest absolute Gasteiger partial charge is 0.241 e. The SMILES string of the molecule is CCCCC1NC(C)N(CCOCC2CC2)C1=O. The standard InChI is InChI=1S/C14H26N2O2/c1-3-4-5-13-14(17)16(11(2)15-13)8-9-18-10-12-6-7-12/h11-13,15H,3-10H2,1-2H3. The monoisotopic (exact) mass is 254 g/mol. The topological polar surface area (TPSA) is 41.6 Å². The van der Waals surface area contributed by atoms with Gasteiger partial charge in [0, 0.05) is 13.2 Å². The highest BCUT2D eigenvalue weighted by Crippen LogP contribution is 2.28. The van der Waals surface area contributed by atoms with Crippen LogP contribution in [0.3, 0.4) is 0 Å². The third-order valence-electron chi connectivity index (χ3n) is 3.86. The Morgan fingerprint density at radius 1 is 1.44 bits per heavy atom. The highest BCUT2D eigenvalue weighted by molar-refractivity contribution is 5.84. The molecule has 0 radical (unpaired) electrons. The molecule has 0 aromatic carbocycles. The first-order valence-corrected chi connectivity index (χ1v) is 7.36. The van der Waals surface area contributed by atoms with Gasteiger partial charge in [0.15, 0.2) is 0 Å². The zero-order chi connectivity index (χ0) is 13.0. The van der Waals surface area contributed by atoms with E-state index in [0.29, 0.717) is 6.61 Å². The quantitative estimate of drug-likeness (QED) is 0.671. The highest BCUT2D eigenvalue weighted by Gasteiger charge is 2.35. The van der Waals surface area contributed by atoms with Gasteiger partial charge in [0.05, 0.1) is 18.8 Å². The first-order chi connectivity index (χ1) is 8.72. The average molecular weight is 254 g/mol. The van der Waals surface area contributed by atoms with Gasteiger partial charge in [0.1, 0.15) is 0 Å². The summed E-state index contributed by atoms with van der Waals surface area (Å²) >= 11 is 0. The molecule has 1 aliphatic heterocycles. The summed E-state index contributed by atoms with van der Waals surface area (Å²) in [7, 11) is 0. The summed E-state index contributed by atoms with van der Waals surface area (Å²) in [5.74, 6) is 1.05. The van der Waals surface area contributed by atoms with Gasteiger partial charge in [0.2, 0.25) is 5.91 Å². The molecule has 1 heterocycles. The van der Waals surface area contributed by atoms with Gasteiger partial charge in [-0.2, -0.15) is 0 Å². The van der Waals surface area contributed by atoms with E-state index in [1.54, 1.807) is 0 Å². The van der Waals surface area contributed by atoms with Crippen LogP contribution < -0.4 is 5.32 Å². The normalized spacial score (nSPS) is 28.1. The molecule has 1 amide bonds. The summed E-state index contributed by atoms with van der Waals surface area (Å²) in [6.07, 6.45) is 6.01. The van der Waals surface area contributed by atoms with Gasteiger partial charge >= 0.3 is 0 Å². The van der Waals surface area contributed by atoms with Gasteiger partial charge in [-0.1, -0.05) is 19.8 Å². The maximum atomic E-state index is 12.2. The molecule has 18 heavy (non-hydrogen) atoms. The number of unbranched alkanes of at least 4 members (excludes halogenated alkanes) is 1. The highest BCUT2D eigenvalue weighted by atomic mass is 16.5. The van der Waals surface area contributed by atoms with Gasteiger partial charge in [-0.25, -0.2) is 0 Å². The van der Waals surface area contributed by atoms with Crippen LogP contribution in [0, 0.1) is 5.92 Å². The van der Waals surface area contributed by atoms with Crippen LogP contribution in [-0.2, 0) is 9.53 Å². The van der Waals surface area contributed by atoms with E-state index in [-0.39, 0.29) is 18.1 Å². The molecule has 1 saturated carbocycles. The summed E-state index contributed by atoms with van der Waals surface area (Å²) in [6.45, 7) is 6.50. The number of nitrogens with zero attached hydrogens (tertiary/aromatic N) is 1. The lowest BCUT2D eigenvalue weighted by atomic mass is 10.1. The Kier molecular flexibility index (Phi) is 5.01. The number of nitrogens with one attached hydrogen (secondary N) is 1. The molecule has 0 spiro atoms. The van der Waals surface area contributed by atoms with Gasteiger partial charge in [-0.15, -0.1) is 0 Å². The van der Waals surface area contributed by atoms with Crippen LogP contribution in [0.4, 0.5) is 0 Å². The van der Waals surface area contributed by atoms with Crippen LogP contribution in [0.25, 0.3) is 0 Å². The molecule has 1 N–H and O–H groups in total. The molecule has 2 rings (SSSR count). The van der Waals surface area contributed by atoms with Gasteiger partial charge in [-0.05, 0) is 32.1 Å². The van der Waals surface area contributed by atoms with Crippen LogP contribution in [-0.4, -0.2) is 42.8 Å². The summed E-state index contributed by atoms with van der Waals surface area (Å²) in [4.78, 5) is 14.1. The first kappa shape index (κ1) is 13.8. The molecule has 0 aromatic heterocycles. The second-order valence-electron chi connectivity index (χ2n) is 5.59. The number of hydrogen-bond donors (Lipinski definition) is 1. The fourth-order valence-electron chi connectivity index (χ4n) is 2.46. The summed E-state index contributed by atoms with van der Waals surface area (Å²) in [5.41, 5.74) is 0. The molecule has 4 nitrogen and oxygen atoms in total. The van der Waals surface area contributed by atoms with Crippen molar-refractivity contribution in [2.24, 2.45) is 5.92 Å². The Morgan fingerprint density at radius 3 is 2.89 bits per heavy atom. The number of rotatable bonds is 8. The fraction of sp³-hybridized carbons (Fsp3) is 0.929. The van der Waals surface area contributed by atoms with E-state index in [9.17, 15) is 4.79 Å².